The fraction of sp³-hybridized carbons (Fsp3) is 0.316. The molecule has 3 aromatic rings. The van der Waals surface area contributed by atoms with Gasteiger partial charge in [0.1, 0.15) is 11.4 Å². The number of ether oxygens (including phenoxy) is 1. The molecule has 2 heterocycles. The van der Waals surface area contributed by atoms with E-state index in [0.717, 1.165) is 23.4 Å². The summed E-state index contributed by atoms with van der Waals surface area (Å²) in [5, 5.41) is 12.2. The van der Waals surface area contributed by atoms with Crippen molar-refractivity contribution in [2.45, 2.75) is 40.6 Å². The van der Waals surface area contributed by atoms with Crippen molar-refractivity contribution in [3.05, 3.63) is 64.2 Å². The van der Waals surface area contributed by atoms with Gasteiger partial charge in [0.15, 0.2) is 6.73 Å². The number of amides is 1. The van der Waals surface area contributed by atoms with Crippen LogP contribution in [0.2, 0.25) is 5.02 Å². The number of aromatic nitrogens is 4. The van der Waals surface area contributed by atoms with Gasteiger partial charge < -0.3 is 10.1 Å². The number of benzene rings is 1. The van der Waals surface area contributed by atoms with Crippen molar-refractivity contribution in [2.75, 3.05) is 0 Å². The quantitative estimate of drug-likeness (QED) is 0.674. The third-order valence-electron chi connectivity index (χ3n) is 4.18. The fourth-order valence-electron chi connectivity index (χ4n) is 2.56. The van der Waals surface area contributed by atoms with Gasteiger partial charge in [-0.1, -0.05) is 11.6 Å². The average Bonchev–Trinajstić information content (AvgIpc) is 3.27. The molecule has 0 unspecified atom stereocenters. The number of aryl methyl sites for hydroxylation is 3. The first-order valence-corrected chi connectivity index (χ1v) is 9.07. The first-order valence-electron chi connectivity index (χ1n) is 8.69. The molecule has 0 saturated carbocycles. The van der Waals surface area contributed by atoms with E-state index in [4.69, 9.17) is 16.3 Å². The second-order valence-electron chi connectivity index (χ2n) is 6.20. The monoisotopic (exact) mass is 387 g/mol. The van der Waals surface area contributed by atoms with Crippen LogP contribution in [0.1, 0.15) is 34.2 Å². The van der Waals surface area contributed by atoms with E-state index < -0.39 is 0 Å². The lowest BCUT2D eigenvalue weighted by molar-refractivity contribution is 0.0944. The van der Waals surface area contributed by atoms with Crippen molar-refractivity contribution in [2.24, 2.45) is 0 Å². The molecule has 27 heavy (non-hydrogen) atoms. The van der Waals surface area contributed by atoms with E-state index in [2.05, 4.69) is 15.5 Å². The van der Waals surface area contributed by atoms with E-state index in [1.807, 2.05) is 37.7 Å². The predicted octanol–water partition coefficient (Wildman–Crippen LogP) is 3.34. The van der Waals surface area contributed by atoms with Gasteiger partial charge in [-0.2, -0.15) is 10.2 Å². The number of nitrogens with zero attached hydrogens (tertiary/aromatic N) is 4. The van der Waals surface area contributed by atoms with Gasteiger partial charge in [-0.15, -0.1) is 0 Å². The molecule has 3 rings (SSSR count). The van der Waals surface area contributed by atoms with Crippen LogP contribution in [0, 0.1) is 13.8 Å². The molecule has 2 aromatic heterocycles. The Kier molecular flexibility index (Phi) is 5.81. The SMILES string of the molecule is CCn1cc(CNC(=O)c2ccn(COc3ccc(Cl)c(C)c3)n2)c(C)n1. The maximum absolute atomic E-state index is 12.3. The van der Waals surface area contributed by atoms with Crippen LogP contribution in [-0.4, -0.2) is 25.5 Å². The van der Waals surface area contributed by atoms with Crippen molar-refractivity contribution >= 4 is 17.5 Å². The van der Waals surface area contributed by atoms with Gasteiger partial charge in [-0.3, -0.25) is 9.48 Å². The zero-order valence-electron chi connectivity index (χ0n) is 15.6. The van der Waals surface area contributed by atoms with Crippen LogP contribution in [-0.2, 0) is 19.8 Å². The molecule has 0 spiro atoms. The summed E-state index contributed by atoms with van der Waals surface area (Å²) >= 11 is 6.01. The summed E-state index contributed by atoms with van der Waals surface area (Å²) in [5.74, 6) is 0.460. The van der Waals surface area contributed by atoms with Crippen LogP contribution in [0.5, 0.6) is 5.75 Å². The largest absolute Gasteiger partial charge is 0.471 e. The van der Waals surface area contributed by atoms with Gasteiger partial charge in [0.05, 0.1) is 5.69 Å². The number of hydrogen-bond acceptors (Lipinski definition) is 4. The van der Waals surface area contributed by atoms with Gasteiger partial charge in [0, 0.05) is 36.1 Å². The molecule has 0 bridgehead atoms. The smallest absolute Gasteiger partial charge is 0.272 e. The Balaban J connectivity index is 1.55. The minimum Gasteiger partial charge on any atom is -0.471 e. The molecule has 1 aromatic carbocycles. The summed E-state index contributed by atoms with van der Waals surface area (Å²) in [7, 11) is 0. The van der Waals surface area contributed by atoms with E-state index in [1.54, 1.807) is 29.1 Å². The first-order chi connectivity index (χ1) is 13.0. The lowest BCUT2D eigenvalue weighted by Crippen LogP contribution is -2.23. The lowest BCUT2D eigenvalue weighted by Gasteiger charge is -2.07. The number of nitrogens with one attached hydrogen (secondary N) is 1. The number of hydrogen-bond donors (Lipinski definition) is 1. The van der Waals surface area contributed by atoms with Crippen molar-refractivity contribution in [1.29, 1.82) is 0 Å². The second kappa shape index (κ2) is 8.26. The number of halogens is 1. The van der Waals surface area contributed by atoms with Crippen molar-refractivity contribution < 1.29 is 9.53 Å². The Hall–Kier alpha value is -2.80. The van der Waals surface area contributed by atoms with Crippen molar-refractivity contribution in [1.82, 2.24) is 24.9 Å². The van der Waals surface area contributed by atoms with E-state index in [-0.39, 0.29) is 12.6 Å². The van der Waals surface area contributed by atoms with E-state index in [1.165, 1.54) is 0 Å². The molecule has 7 nitrogen and oxygen atoms in total. The number of carbonyl (C=O) groups excluding carboxylic acids is 1. The minimum atomic E-state index is -0.236. The van der Waals surface area contributed by atoms with E-state index in [0.29, 0.717) is 23.0 Å². The molecule has 0 fully saturated rings. The number of carbonyl (C=O) groups is 1. The Morgan fingerprint density at radius 3 is 2.74 bits per heavy atom. The second-order valence-corrected chi connectivity index (χ2v) is 6.61. The summed E-state index contributed by atoms with van der Waals surface area (Å²) in [6.45, 7) is 7.28. The van der Waals surface area contributed by atoms with Crippen molar-refractivity contribution in [3.8, 4) is 5.75 Å². The third-order valence-corrected chi connectivity index (χ3v) is 4.60. The highest BCUT2D eigenvalue weighted by molar-refractivity contribution is 6.31. The van der Waals surface area contributed by atoms with Gasteiger partial charge >= 0.3 is 0 Å². The molecule has 0 atom stereocenters. The van der Waals surface area contributed by atoms with Crippen LogP contribution >= 0.6 is 11.6 Å². The molecular weight excluding hydrogens is 366 g/mol. The molecule has 1 N–H and O–H groups in total. The van der Waals surface area contributed by atoms with Gasteiger partial charge in [-0.05, 0) is 50.6 Å². The molecule has 0 aliphatic rings. The Morgan fingerprint density at radius 2 is 2.04 bits per heavy atom. The molecule has 0 aliphatic carbocycles. The maximum atomic E-state index is 12.3. The van der Waals surface area contributed by atoms with Gasteiger partial charge in [-0.25, -0.2) is 4.68 Å². The third kappa shape index (κ3) is 4.68. The summed E-state index contributed by atoms with van der Waals surface area (Å²) < 4.78 is 9.10. The zero-order valence-corrected chi connectivity index (χ0v) is 16.3. The average molecular weight is 388 g/mol. The highest BCUT2D eigenvalue weighted by Crippen LogP contribution is 2.21. The summed E-state index contributed by atoms with van der Waals surface area (Å²) in [6, 6.07) is 7.11. The van der Waals surface area contributed by atoms with E-state index in [9.17, 15) is 4.79 Å². The maximum Gasteiger partial charge on any atom is 0.272 e. The number of rotatable bonds is 7. The van der Waals surface area contributed by atoms with Crippen LogP contribution in [0.3, 0.4) is 0 Å². The van der Waals surface area contributed by atoms with Gasteiger partial charge in [0.2, 0.25) is 0 Å². The molecule has 0 saturated heterocycles. The zero-order chi connectivity index (χ0) is 19.4. The molecular formula is C19H22ClN5O2. The molecule has 0 radical (unpaired) electrons. The fourth-order valence-corrected chi connectivity index (χ4v) is 2.68. The standard InChI is InChI=1S/C19H22ClN5O2/c1-4-24-11-15(14(3)22-24)10-21-19(26)18-7-8-25(23-18)12-27-16-5-6-17(20)13(2)9-16/h5-9,11H,4,10,12H2,1-3H3,(H,21,26). The lowest BCUT2D eigenvalue weighted by atomic mass is 10.2. The Bertz CT molecular complexity index is 947. The molecule has 8 heteroatoms. The summed E-state index contributed by atoms with van der Waals surface area (Å²) in [4.78, 5) is 12.3. The molecule has 0 aliphatic heterocycles. The Labute approximate surface area is 162 Å². The van der Waals surface area contributed by atoms with Crippen LogP contribution < -0.4 is 10.1 Å². The topological polar surface area (TPSA) is 74.0 Å². The van der Waals surface area contributed by atoms with E-state index >= 15 is 0 Å². The highest BCUT2D eigenvalue weighted by atomic mass is 35.5. The van der Waals surface area contributed by atoms with Crippen LogP contribution in [0.15, 0.2) is 36.7 Å². The minimum absolute atomic E-state index is 0.205. The Morgan fingerprint density at radius 1 is 1.22 bits per heavy atom. The molecule has 1 amide bonds. The molecule has 142 valence electrons. The van der Waals surface area contributed by atoms with Crippen LogP contribution in [0.25, 0.3) is 0 Å². The summed E-state index contributed by atoms with van der Waals surface area (Å²) in [5.41, 5.74) is 3.18. The normalized spacial score (nSPS) is 10.8. The predicted molar refractivity (Wildman–Crippen MR) is 103 cm³/mol. The summed E-state index contributed by atoms with van der Waals surface area (Å²) in [6.07, 6.45) is 3.65. The van der Waals surface area contributed by atoms with Gasteiger partial charge in [0.25, 0.3) is 5.91 Å². The van der Waals surface area contributed by atoms with Crippen LogP contribution in [0.4, 0.5) is 0 Å². The first kappa shape index (κ1) is 19.0. The highest BCUT2D eigenvalue weighted by Gasteiger charge is 2.11. The van der Waals surface area contributed by atoms with Crippen molar-refractivity contribution in [3.63, 3.8) is 0 Å².